The van der Waals surface area contributed by atoms with E-state index < -0.39 is 11.9 Å². The molecular formula is C25H24N2O5S. The molecule has 0 radical (unpaired) electrons. The number of anilines is 2. The summed E-state index contributed by atoms with van der Waals surface area (Å²) < 4.78 is 10.3. The first-order valence-electron chi connectivity index (χ1n) is 10.2. The number of carbonyl (C=O) groups excluding carboxylic acids is 3. The Kier molecular flexibility index (Phi) is 8.90. The lowest BCUT2D eigenvalue weighted by Gasteiger charge is -2.10. The Morgan fingerprint density at radius 1 is 0.848 bits per heavy atom. The van der Waals surface area contributed by atoms with E-state index in [0.29, 0.717) is 28.4 Å². The molecule has 0 aliphatic heterocycles. The quantitative estimate of drug-likeness (QED) is 0.336. The number of ether oxygens (including phenoxy) is 2. The van der Waals surface area contributed by atoms with Crippen molar-refractivity contribution in [2.45, 2.75) is 11.3 Å². The fraction of sp³-hybridized carbons (Fsp3) is 0.160. The summed E-state index contributed by atoms with van der Waals surface area (Å²) in [4.78, 5) is 37.4. The lowest BCUT2D eigenvalue weighted by Crippen LogP contribution is -2.21. The lowest BCUT2D eigenvalue weighted by molar-refractivity contribution is -0.146. The van der Waals surface area contributed by atoms with Crippen molar-refractivity contribution in [1.82, 2.24) is 0 Å². The number of amides is 2. The highest BCUT2D eigenvalue weighted by Gasteiger charge is 2.11. The maximum absolute atomic E-state index is 12.5. The fourth-order valence-corrected chi connectivity index (χ4v) is 3.69. The highest BCUT2D eigenvalue weighted by atomic mass is 32.2. The number of esters is 1. The van der Waals surface area contributed by atoms with E-state index in [4.69, 9.17) is 9.47 Å². The van der Waals surface area contributed by atoms with Crippen molar-refractivity contribution in [3.8, 4) is 5.75 Å². The molecule has 0 saturated heterocycles. The largest absolute Gasteiger partial charge is 0.495 e. The molecule has 0 aromatic heterocycles. The molecular weight excluding hydrogens is 440 g/mol. The van der Waals surface area contributed by atoms with Crippen molar-refractivity contribution in [3.05, 3.63) is 84.4 Å². The summed E-state index contributed by atoms with van der Waals surface area (Å²) in [5.74, 6) is -0.0621. The van der Waals surface area contributed by atoms with Crippen molar-refractivity contribution in [1.29, 1.82) is 0 Å². The minimum atomic E-state index is -0.453. The van der Waals surface area contributed by atoms with Crippen molar-refractivity contribution in [3.63, 3.8) is 0 Å². The third-order valence-electron chi connectivity index (χ3n) is 4.47. The monoisotopic (exact) mass is 464 g/mol. The third-order valence-corrected chi connectivity index (χ3v) is 5.48. The maximum atomic E-state index is 12.5. The van der Waals surface area contributed by atoms with Gasteiger partial charge >= 0.3 is 5.97 Å². The fourth-order valence-electron chi connectivity index (χ4n) is 2.83. The van der Waals surface area contributed by atoms with Gasteiger partial charge in [0.2, 0.25) is 0 Å². The second kappa shape index (κ2) is 12.3. The molecule has 0 atom stereocenters. The Balaban J connectivity index is 1.41. The third kappa shape index (κ3) is 7.69. The summed E-state index contributed by atoms with van der Waals surface area (Å²) in [5, 5.41) is 5.43. The van der Waals surface area contributed by atoms with E-state index >= 15 is 0 Å². The average Bonchev–Trinajstić information content (AvgIpc) is 2.84. The van der Waals surface area contributed by atoms with Crippen LogP contribution in [0.25, 0.3) is 0 Å². The number of thioether (sulfide) groups is 1. The zero-order valence-corrected chi connectivity index (χ0v) is 18.9. The highest BCUT2D eigenvalue weighted by Crippen LogP contribution is 2.24. The predicted octanol–water partition coefficient (Wildman–Crippen LogP) is 4.61. The molecule has 170 valence electrons. The average molecular weight is 465 g/mol. The SMILES string of the molecule is COc1ccccc1NC(=O)c1ccc(NC(=O)COC(=O)CCSc2ccccc2)cc1. The Bertz CT molecular complexity index is 1090. The second-order valence-electron chi connectivity index (χ2n) is 6.85. The number of rotatable bonds is 10. The molecule has 7 nitrogen and oxygen atoms in total. The number of carbonyl (C=O) groups is 3. The first kappa shape index (κ1) is 23.9. The van der Waals surface area contributed by atoms with Crippen LogP contribution in [-0.2, 0) is 14.3 Å². The van der Waals surface area contributed by atoms with E-state index in [1.807, 2.05) is 36.4 Å². The van der Waals surface area contributed by atoms with Crippen LogP contribution in [0.1, 0.15) is 16.8 Å². The van der Waals surface area contributed by atoms with Gasteiger partial charge in [-0.2, -0.15) is 0 Å². The van der Waals surface area contributed by atoms with Gasteiger partial charge in [-0.15, -0.1) is 11.8 Å². The van der Waals surface area contributed by atoms with Gasteiger partial charge in [-0.25, -0.2) is 0 Å². The second-order valence-corrected chi connectivity index (χ2v) is 8.02. The van der Waals surface area contributed by atoms with E-state index in [1.54, 1.807) is 54.2 Å². The van der Waals surface area contributed by atoms with Crippen LogP contribution >= 0.6 is 11.8 Å². The molecule has 0 aliphatic rings. The Morgan fingerprint density at radius 3 is 2.27 bits per heavy atom. The smallest absolute Gasteiger partial charge is 0.307 e. The molecule has 0 unspecified atom stereocenters. The van der Waals surface area contributed by atoms with Gasteiger partial charge in [0.15, 0.2) is 6.61 Å². The van der Waals surface area contributed by atoms with Gasteiger partial charge in [0.25, 0.3) is 11.8 Å². The Labute approximate surface area is 196 Å². The van der Waals surface area contributed by atoms with Crippen molar-refractivity contribution >= 4 is 40.9 Å². The summed E-state index contributed by atoms with van der Waals surface area (Å²) in [6.45, 7) is -0.370. The minimum Gasteiger partial charge on any atom is -0.495 e. The predicted molar refractivity (Wildman–Crippen MR) is 129 cm³/mol. The van der Waals surface area contributed by atoms with E-state index in [2.05, 4.69) is 10.6 Å². The molecule has 0 fully saturated rings. The van der Waals surface area contributed by atoms with Gasteiger partial charge in [0.1, 0.15) is 5.75 Å². The summed E-state index contributed by atoms with van der Waals surface area (Å²) in [7, 11) is 1.53. The summed E-state index contributed by atoms with van der Waals surface area (Å²) in [5.41, 5.74) is 1.47. The van der Waals surface area contributed by atoms with Gasteiger partial charge in [-0.05, 0) is 48.5 Å². The van der Waals surface area contributed by atoms with Crippen LogP contribution in [0.4, 0.5) is 11.4 Å². The van der Waals surface area contributed by atoms with Gasteiger partial charge < -0.3 is 20.1 Å². The Hall–Kier alpha value is -3.78. The van der Waals surface area contributed by atoms with Crippen LogP contribution in [0.5, 0.6) is 5.75 Å². The van der Waals surface area contributed by atoms with Gasteiger partial charge in [-0.1, -0.05) is 30.3 Å². The number of hydrogen-bond donors (Lipinski definition) is 2. The van der Waals surface area contributed by atoms with Crippen molar-refractivity contribution < 1.29 is 23.9 Å². The number of hydrogen-bond acceptors (Lipinski definition) is 6. The lowest BCUT2D eigenvalue weighted by atomic mass is 10.2. The van der Waals surface area contributed by atoms with Crippen LogP contribution in [0, 0.1) is 0 Å². The summed E-state index contributed by atoms with van der Waals surface area (Å²) in [6, 6.07) is 23.2. The van der Waals surface area contributed by atoms with E-state index in [-0.39, 0.29) is 18.9 Å². The molecule has 3 aromatic carbocycles. The van der Waals surface area contributed by atoms with E-state index in [0.717, 1.165) is 4.90 Å². The zero-order valence-electron chi connectivity index (χ0n) is 18.1. The molecule has 2 amide bonds. The van der Waals surface area contributed by atoms with Gasteiger partial charge in [0.05, 0.1) is 19.2 Å². The first-order valence-corrected chi connectivity index (χ1v) is 11.2. The van der Waals surface area contributed by atoms with E-state index in [1.165, 1.54) is 7.11 Å². The normalized spacial score (nSPS) is 10.2. The standard InChI is InChI=1S/C25H24N2O5S/c1-31-22-10-6-5-9-21(22)27-25(30)18-11-13-19(14-12-18)26-23(28)17-32-24(29)15-16-33-20-7-3-2-4-8-20/h2-14H,15-17H2,1H3,(H,26,28)(H,27,30). The molecule has 3 rings (SSSR count). The first-order chi connectivity index (χ1) is 16.0. The van der Waals surface area contributed by atoms with Crippen molar-refractivity contribution in [2.24, 2.45) is 0 Å². The molecule has 0 saturated carbocycles. The van der Waals surface area contributed by atoms with Crippen LogP contribution in [-0.4, -0.2) is 37.3 Å². The Morgan fingerprint density at radius 2 is 1.55 bits per heavy atom. The molecule has 0 bridgehead atoms. The summed E-state index contributed by atoms with van der Waals surface area (Å²) >= 11 is 1.55. The zero-order chi connectivity index (χ0) is 23.5. The van der Waals surface area contributed by atoms with Gasteiger partial charge in [-0.3, -0.25) is 14.4 Å². The van der Waals surface area contributed by atoms with Crippen LogP contribution < -0.4 is 15.4 Å². The molecule has 0 heterocycles. The molecule has 3 aromatic rings. The number of methoxy groups -OCH3 is 1. The molecule has 0 aliphatic carbocycles. The highest BCUT2D eigenvalue weighted by molar-refractivity contribution is 7.99. The van der Waals surface area contributed by atoms with Crippen LogP contribution in [0.2, 0.25) is 0 Å². The molecule has 8 heteroatoms. The minimum absolute atomic E-state index is 0.211. The molecule has 0 spiro atoms. The van der Waals surface area contributed by atoms with Gasteiger partial charge in [0, 0.05) is 21.9 Å². The van der Waals surface area contributed by atoms with Crippen LogP contribution in [0.3, 0.4) is 0 Å². The number of nitrogens with one attached hydrogen (secondary N) is 2. The number of para-hydroxylation sites is 2. The molecule has 2 N–H and O–H groups in total. The maximum Gasteiger partial charge on any atom is 0.307 e. The van der Waals surface area contributed by atoms with Crippen molar-refractivity contribution in [2.75, 3.05) is 30.1 Å². The number of benzene rings is 3. The van der Waals surface area contributed by atoms with E-state index in [9.17, 15) is 14.4 Å². The summed E-state index contributed by atoms with van der Waals surface area (Å²) in [6.07, 6.45) is 0.211. The van der Waals surface area contributed by atoms with Crippen LogP contribution in [0.15, 0.2) is 83.8 Å². The molecule has 33 heavy (non-hydrogen) atoms. The topological polar surface area (TPSA) is 93.7 Å².